The van der Waals surface area contributed by atoms with Gasteiger partial charge in [-0.15, -0.1) is 0 Å². The number of hydrogen-bond donors (Lipinski definition) is 1. The Kier molecular flexibility index (Phi) is 4.50. The summed E-state index contributed by atoms with van der Waals surface area (Å²) in [7, 11) is 0. The van der Waals surface area contributed by atoms with Gasteiger partial charge in [0.15, 0.2) is 0 Å². The molecule has 1 aromatic carbocycles. The minimum Gasteiger partial charge on any atom is -0.322 e. The summed E-state index contributed by atoms with van der Waals surface area (Å²) in [6, 6.07) is 7.97. The Labute approximate surface area is 91.5 Å². The van der Waals surface area contributed by atoms with Gasteiger partial charge in [0.2, 0.25) is 0 Å². The first kappa shape index (κ1) is 11.9. The van der Waals surface area contributed by atoms with Crippen molar-refractivity contribution < 1.29 is 4.79 Å². The maximum atomic E-state index is 11.5. The highest BCUT2D eigenvalue weighted by molar-refractivity contribution is 5.83. The van der Waals surface area contributed by atoms with E-state index in [1.165, 1.54) is 11.1 Å². The van der Waals surface area contributed by atoms with Gasteiger partial charge in [-0.1, -0.05) is 36.8 Å². The second kappa shape index (κ2) is 5.66. The van der Waals surface area contributed by atoms with Crippen LogP contribution in [0.2, 0.25) is 0 Å². The summed E-state index contributed by atoms with van der Waals surface area (Å²) in [6.45, 7) is 4.00. The summed E-state index contributed by atoms with van der Waals surface area (Å²) in [5, 5.41) is 0. The largest absolute Gasteiger partial charge is 0.322 e. The zero-order valence-corrected chi connectivity index (χ0v) is 9.49. The highest BCUT2D eigenvalue weighted by Gasteiger charge is 2.10. The summed E-state index contributed by atoms with van der Waals surface area (Å²) < 4.78 is 0. The molecule has 1 atom stereocenters. The van der Waals surface area contributed by atoms with Crippen molar-refractivity contribution in [1.82, 2.24) is 0 Å². The summed E-state index contributed by atoms with van der Waals surface area (Å²) in [5.41, 5.74) is 8.11. The van der Waals surface area contributed by atoms with Gasteiger partial charge in [0, 0.05) is 6.42 Å². The topological polar surface area (TPSA) is 43.1 Å². The number of benzene rings is 1. The first-order valence-corrected chi connectivity index (χ1v) is 5.47. The summed E-state index contributed by atoms with van der Waals surface area (Å²) in [5.74, 6) is 0.166. The van der Waals surface area contributed by atoms with E-state index >= 15 is 0 Å². The highest BCUT2D eigenvalue weighted by atomic mass is 16.1. The van der Waals surface area contributed by atoms with Crippen molar-refractivity contribution >= 4 is 5.78 Å². The summed E-state index contributed by atoms with van der Waals surface area (Å²) in [4.78, 5) is 11.5. The van der Waals surface area contributed by atoms with Crippen LogP contribution in [0, 0.1) is 6.92 Å². The van der Waals surface area contributed by atoms with Crippen LogP contribution in [0.1, 0.15) is 30.9 Å². The molecule has 1 rings (SSSR count). The fourth-order valence-electron chi connectivity index (χ4n) is 1.55. The molecule has 1 unspecified atom stereocenters. The van der Waals surface area contributed by atoms with Gasteiger partial charge >= 0.3 is 0 Å². The minimum atomic E-state index is -0.283. The fraction of sp³-hybridized carbons (Fsp3) is 0.462. The SMILES string of the molecule is CCC(N)C(=O)CCc1cccc(C)c1. The maximum absolute atomic E-state index is 11.5. The van der Waals surface area contributed by atoms with Crippen molar-refractivity contribution in [2.75, 3.05) is 0 Å². The normalized spacial score (nSPS) is 12.5. The van der Waals surface area contributed by atoms with E-state index in [-0.39, 0.29) is 11.8 Å². The van der Waals surface area contributed by atoms with Crippen LogP contribution in [-0.4, -0.2) is 11.8 Å². The Morgan fingerprint density at radius 3 is 2.80 bits per heavy atom. The molecule has 0 aliphatic heterocycles. The average Bonchev–Trinajstić information content (AvgIpc) is 2.25. The lowest BCUT2D eigenvalue weighted by atomic mass is 10.0. The molecule has 0 heterocycles. The molecule has 0 fully saturated rings. The number of Topliss-reactive ketones (excluding diaryl/α,β-unsaturated/α-hetero) is 1. The van der Waals surface area contributed by atoms with Crippen LogP contribution < -0.4 is 5.73 Å². The third-order valence-corrected chi connectivity index (χ3v) is 2.60. The molecule has 0 aromatic heterocycles. The molecule has 0 spiro atoms. The molecule has 2 heteroatoms. The van der Waals surface area contributed by atoms with Crippen LogP contribution in [0.4, 0.5) is 0 Å². The number of hydrogen-bond acceptors (Lipinski definition) is 2. The van der Waals surface area contributed by atoms with Crippen LogP contribution in [0.15, 0.2) is 24.3 Å². The number of ketones is 1. The second-order valence-corrected chi connectivity index (χ2v) is 3.97. The van der Waals surface area contributed by atoms with Crippen molar-refractivity contribution in [2.45, 2.75) is 39.2 Å². The smallest absolute Gasteiger partial charge is 0.149 e. The molecule has 2 nitrogen and oxygen atoms in total. The summed E-state index contributed by atoms with van der Waals surface area (Å²) in [6.07, 6.45) is 2.08. The molecular formula is C13H19NO. The van der Waals surface area contributed by atoms with Gasteiger partial charge in [0.05, 0.1) is 6.04 Å². The molecule has 1 aromatic rings. The summed E-state index contributed by atoms with van der Waals surface area (Å²) >= 11 is 0. The van der Waals surface area contributed by atoms with Crippen molar-refractivity contribution in [1.29, 1.82) is 0 Å². The zero-order chi connectivity index (χ0) is 11.3. The van der Waals surface area contributed by atoms with Crippen LogP contribution in [0.25, 0.3) is 0 Å². The Hall–Kier alpha value is -1.15. The molecule has 0 saturated heterocycles. The van der Waals surface area contributed by atoms with Crippen LogP contribution in [-0.2, 0) is 11.2 Å². The quantitative estimate of drug-likeness (QED) is 0.801. The van der Waals surface area contributed by atoms with Crippen LogP contribution in [0.3, 0.4) is 0 Å². The fourth-order valence-corrected chi connectivity index (χ4v) is 1.55. The van der Waals surface area contributed by atoms with Crippen LogP contribution >= 0.6 is 0 Å². The Morgan fingerprint density at radius 2 is 2.20 bits per heavy atom. The number of rotatable bonds is 5. The standard InChI is InChI=1S/C13H19NO/c1-3-12(14)13(15)8-7-11-6-4-5-10(2)9-11/h4-6,9,12H,3,7-8,14H2,1-2H3. The number of carbonyl (C=O) groups is 1. The first-order chi connectivity index (χ1) is 7.13. The van der Waals surface area contributed by atoms with Crippen molar-refractivity contribution in [3.8, 4) is 0 Å². The first-order valence-electron chi connectivity index (χ1n) is 5.47. The Bertz CT molecular complexity index is 333. The van der Waals surface area contributed by atoms with Gasteiger partial charge < -0.3 is 5.73 Å². The molecule has 0 bridgehead atoms. The molecule has 82 valence electrons. The van der Waals surface area contributed by atoms with E-state index in [2.05, 4.69) is 25.1 Å². The van der Waals surface area contributed by atoms with E-state index in [0.717, 1.165) is 12.8 Å². The Balaban J connectivity index is 2.47. The molecule has 2 N–H and O–H groups in total. The van der Waals surface area contributed by atoms with Gasteiger partial charge in [-0.05, 0) is 25.3 Å². The predicted molar refractivity (Wildman–Crippen MR) is 62.8 cm³/mol. The van der Waals surface area contributed by atoms with Gasteiger partial charge in [0.1, 0.15) is 5.78 Å². The molecule has 0 aliphatic rings. The lowest BCUT2D eigenvalue weighted by Gasteiger charge is -2.07. The van der Waals surface area contributed by atoms with Gasteiger partial charge in [-0.2, -0.15) is 0 Å². The number of nitrogens with two attached hydrogens (primary N) is 1. The van der Waals surface area contributed by atoms with Gasteiger partial charge in [-0.25, -0.2) is 0 Å². The van der Waals surface area contributed by atoms with E-state index in [0.29, 0.717) is 6.42 Å². The van der Waals surface area contributed by atoms with Crippen LogP contribution in [0.5, 0.6) is 0 Å². The molecule has 0 aliphatic carbocycles. The Morgan fingerprint density at radius 1 is 1.47 bits per heavy atom. The third kappa shape index (κ3) is 3.84. The van der Waals surface area contributed by atoms with E-state index in [1.54, 1.807) is 0 Å². The van der Waals surface area contributed by atoms with Crippen molar-refractivity contribution in [3.05, 3.63) is 35.4 Å². The lowest BCUT2D eigenvalue weighted by Crippen LogP contribution is -2.29. The van der Waals surface area contributed by atoms with Gasteiger partial charge in [-0.3, -0.25) is 4.79 Å². The molecule has 15 heavy (non-hydrogen) atoms. The lowest BCUT2D eigenvalue weighted by molar-refractivity contribution is -0.120. The number of carbonyl (C=O) groups excluding carboxylic acids is 1. The maximum Gasteiger partial charge on any atom is 0.149 e. The average molecular weight is 205 g/mol. The predicted octanol–water partition coefficient (Wildman–Crippen LogP) is 2.23. The highest BCUT2D eigenvalue weighted by Crippen LogP contribution is 2.07. The number of aryl methyl sites for hydroxylation is 2. The van der Waals surface area contributed by atoms with E-state index in [9.17, 15) is 4.79 Å². The van der Waals surface area contributed by atoms with E-state index in [4.69, 9.17) is 5.73 Å². The molecule has 0 radical (unpaired) electrons. The van der Waals surface area contributed by atoms with Crippen molar-refractivity contribution in [2.24, 2.45) is 5.73 Å². The molecule has 0 amide bonds. The minimum absolute atomic E-state index is 0.166. The van der Waals surface area contributed by atoms with E-state index < -0.39 is 0 Å². The zero-order valence-electron chi connectivity index (χ0n) is 9.49. The molecule has 0 saturated carbocycles. The second-order valence-electron chi connectivity index (χ2n) is 3.97. The van der Waals surface area contributed by atoms with Crippen molar-refractivity contribution in [3.63, 3.8) is 0 Å². The molecular weight excluding hydrogens is 186 g/mol. The van der Waals surface area contributed by atoms with E-state index in [1.807, 2.05) is 13.0 Å². The van der Waals surface area contributed by atoms with Gasteiger partial charge in [0.25, 0.3) is 0 Å². The third-order valence-electron chi connectivity index (χ3n) is 2.60. The monoisotopic (exact) mass is 205 g/mol.